The average Bonchev–Trinajstić information content (AvgIpc) is 2.55. The van der Waals surface area contributed by atoms with Crippen molar-refractivity contribution in [1.82, 2.24) is 10.6 Å². The maximum absolute atomic E-state index is 12.8. The molecule has 25 heavy (non-hydrogen) atoms. The Hall–Kier alpha value is -2.50. The second-order valence-electron chi connectivity index (χ2n) is 5.57. The fourth-order valence-electron chi connectivity index (χ4n) is 2.78. The monoisotopic (exact) mass is 375 g/mol. The quantitative estimate of drug-likeness (QED) is 0.754. The molecule has 0 aliphatic carbocycles. The normalized spacial score (nSPS) is 19.8. The summed E-state index contributed by atoms with van der Waals surface area (Å²) in [5, 5.41) is 8.81. The van der Waals surface area contributed by atoms with Crippen LogP contribution in [0.1, 0.15) is 11.6 Å². The van der Waals surface area contributed by atoms with E-state index < -0.39 is 18.0 Å². The van der Waals surface area contributed by atoms with Crippen molar-refractivity contribution in [2.24, 2.45) is 5.92 Å². The number of hydrogen-bond donors (Lipinski definition) is 3. The molecule has 0 saturated carbocycles. The van der Waals surface area contributed by atoms with E-state index in [1.165, 1.54) is 0 Å². The zero-order valence-corrected chi connectivity index (χ0v) is 14.6. The minimum Gasteiger partial charge on any atom is -0.330 e. The molecule has 0 aromatic heterocycles. The number of rotatable bonds is 3. The van der Waals surface area contributed by atoms with E-state index in [1.807, 2.05) is 18.2 Å². The summed E-state index contributed by atoms with van der Waals surface area (Å²) in [7, 11) is 0. The molecule has 7 heteroatoms. The lowest BCUT2D eigenvalue weighted by Gasteiger charge is -2.34. The highest BCUT2D eigenvalue weighted by Crippen LogP contribution is 2.38. The van der Waals surface area contributed by atoms with Gasteiger partial charge in [0.15, 0.2) is 0 Å². The number of carbonyl (C=O) groups is 2. The lowest BCUT2D eigenvalue weighted by Crippen LogP contribution is -2.52. The zero-order chi connectivity index (χ0) is 18.0. The largest absolute Gasteiger partial charge is 0.330 e. The molecule has 128 valence electrons. The molecule has 5 nitrogen and oxygen atoms in total. The molecular formula is C18H15Cl2N3O2. The zero-order valence-electron chi connectivity index (χ0n) is 13.1. The summed E-state index contributed by atoms with van der Waals surface area (Å²) in [6.07, 6.45) is 0. The highest BCUT2D eigenvalue weighted by molar-refractivity contribution is 6.36. The first-order valence-corrected chi connectivity index (χ1v) is 8.29. The van der Waals surface area contributed by atoms with Gasteiger partial charge in [0.05, 0.1) is 6.04 Å². The third-order valence-electron chi connectivity index (χ3n) is 3.90. The summed E-state index contributed by atoms with van der Waals surface area (Å²) in [6, 6.07) is 12.8. The molecule has 0 bridgehead atoms. The van der Waals surface area contributed by atoms with Crippen LogP contribution in [0.3, 0.4) is 0 Å². The Morgan fingerprint density at radius 1 is 1.04 bits per heavy atom. The summed E-state index contributed by atoms with van der Waals surface area (Å²) < 4.78 is 0. The maximum atomic E-state index is 12.8. The van der Waals surface area contributed by atoms with Gasteiger partial charge in [0.1, 0.15) is 5.92 Å². The van der Waals surface area contributed by atoms with Crippen molar-refractivity contribution >= 4 is 40.8 Å². The Balaban J connectivity index is 1.97. The van der Waals surface area contributed by atoms with Crippen LogP contribution in [0.5, 0.6) is 0 Å². The van der Waals surface area contributed by atoms with E-state index in [0.29, 0.717) is 21.3 Å². The van der Waals surface area contributed by atoms with Crippen LogP contribution in [0.2, 0.25) is 10.0 Å². The van der Waals surface area contributed by atoms with E-state index in [1.54, 1.807) is 30.3 Å². The number of carbonyl (C=O) groups excluding carboxylic acids is 2. The smallest absolute Gasteiger partial charge is 0.319 e. The van der Waals surface area contributed by atoms with Crippen LogP contribution in [0.4, 0.5) is 10.5 Å². The highest BCUT2D eigenvalue weighted by atomic mass is 35.5. The molecule has 0 unspecified atom stereocenters. The summed E-state index contributed by atoms with van der Waals surface area (Å²) in [6.45, 7) is 3.82. The standard InChI is InChI=1S/C18H15Cl2N3O2/c1-10-14(17(24)22-11-6-3-2-4-7-11)16(23-18(25)21-10)15-12(19)8-5-9-13(15)20/h2-9,14,16H,1H2,(H,22,24)(H2,21,23,25)/t14-,16-/m1/s1. The van der Waals surface area contributed by atoms with E-state index in [2.05, 4.69) is 22.5 Å². The average molecular weight is 376 g/mol. The van der Waals surface area contributed by atoms with Crippen molar-refractivity contribution in [1.29, 1.82) is 0 Å². The van der Waals surface area contributed by atoms with Gasteiger partial charge < -0.3 is 16.0 Å². The molecule has 0 radical (unpaired) electrons. The van der Waals surface area contributed by atoms with Gasteiger partial charge in [-0.05, 0) is 24.3 Å². The van der Waals surface area contributed by atoms with Crippen molar-refractivity contribution in [2.45, 2.75) is 6.04 Å². The molecule has 2 aromatic rings. The maximum Gasteiger partial charge on any atom is 0.319 e. The predicted molar refractivity (Wildman–Crippen MR) is 98.6 cm³/mol. The van der Waals surface area contributed by atoms with Crippen molar-refractivity contribution in [3.63, 3.8) is 0 Å². The first kappa shape index (κ1) is 17.3. The molecule has 3 rings (SSSR count). The van der Waals surface area contributed by atoms with E-state index in [0.717, 1.165) is 0 Å². The molecular weight excluding hydrogens is 361 g/mol. The van der Waals surface area contributed by atoms with E-state index in [9.17, 15) is 9.59 Å². The fourth-order valence-corrected chi connectivity index (χ4v) is 3.42. The number of anilines is 1. The number of benzene rings is 2. The highest BCUT2D eigenvalue weighted by Gasteiger charge is 2.39. The second-order valence-corrected chi connectivity index (χ2v) is 6.38. The van der Waals surface area contributed by atoms with Gasteiger partial charge in [0.2, 0.25) is 5.91 Å². The molecule has 1 aliphatic rings. The van der Waals surface area contributed by atoms with Gasteiger partial charge in [-0.1, -0.05) is 54.0 Å². The Kier molecular flexibility index (Phi) is 4.97. The van der Waals surface area contributed by atoms with Gasteiger partial charge >= 0.3 is 6.03 Å². The van der Waals surface area contributed by atoms with Crippen LogP contribution in [0.25, 0.3) is 0 Å². The predicted octanol–water partition coefficient (Wildman–Crippen LogP) is 4.12. The van der Waals surface area contributed by atoms with Crippen molar-refractivity contribution in [3.8, 4) is 0 Å². The molecule has 1 heterocycles. The van der Waals surface area contributed by atoms with Crippen LogP contribution < -0.4 is 16.0 Å². The number of halogens is 2. The fraction of sp³-hybridized carbons (Fsp3) is 0.111. The summed E-state index contributed by atoms with van der Waals surface area (Å²) in [4.78, 5) is 24.7. The van der Waals surface area contributed by atoms with Gasteiger partial charge in [0.25, 0.3) is 0 Å². The van der Waals surface area contributed by atoms with Gasteiger partial charge in [-0.2, -0.15) is 0 Å². The molecule has 3 amide bonds. The Labute approximate surface area is 155 Å². The first-order chi connectivity index (χ1) is 12.0. The Morgan fingerprint density at radius 3 is 2.32 bits per heavy atom. The van der Waals surface area contributed by atoms with Crippen molar-refractivity contribution < 1.29 is 9.59 Å². The van der Waals surface area contributed by atoms with Gasteiger partial charge in [-0.3, -0.25) is 4.79 Å². The Morgan fingerprint density at radius 2 is 1.68 bits per heavy atom. The molecule has 2 aromatic carbocycles. The molecule has 3 N–H and O–H groups in total. The van der Waals surface area contributed by atoms with Crippen LogP contribution in [-0.2, 0) is 4.79 Å². The van der Waals surface area contributed by atoms with E-state index in [4.69, 9.17) is 23.2 Å². The number of hydrogen-bond acceptors (Lipinski definition) is 2. The van der Waals surface area contributed by atoms with Gasteiger partial charge in [-0.25, -0.2) is 4.79 Å². The van der Waals surface area contributed by atoms with E-state index >= 15 is 0 Å². The number of nitrogens with one attached hydrogen (secondary N) is 3. The SMILES string of the molecule is C=C1NC(=O)N[C@@H](c2c(Cl)cccc2Cl)[C@@H]1C(=O)Nc1ccccc1. The van der Waals surface area contributed by atoms with Crippen LogP contribution in [0.15, 0.2) is 60.8 Å². The molecule has 1 fully saturated rings. The molecule has 0 spiro atoms. The van der Waals surface area contributed by atoms with Crippen molar-refractivity contribution in [2.75, 3.05) is 5.32 Å². The van der Waals surface area contributed by atoms with Crippen LogP contribution >= 0.6 is 23.2 Å². The Bertz CT molecular complexity index is 819. The first-order valence-electron chi connectivity index (χ1n) is 7.53. The van der Waals surface area contributed by atoms with Gasteiger partial charge in [0, 0.05) is 27.0 Å². The number of urea groups is 1. The minimum atomic E-state index is -0.782. The molecule has 1 saturated heterocycles. The topological polar surface area (TPSA) is 70.2 Å². The van der Waals surface area contributed by atoms with Crippen molar-refractivity contribution in [3.05, 3.63) is 76.4 Å². The number of amides is 3. The molecule has 2 atom stereocenters. The number of para-hydroxylation sites is 1. The van der Waals surface area contributed by atoms with E-state index in [-0.39, 0.29) is 11.6 Å². The van der Waals surface area contributed by atoms with Gasteiger partial charge in [-0.15, -0.1) is 0 Å². The second kappa shape index (κ2) is 7.17. The third-order valence-corrected chi connectivity index (χ3v) is 4.56. The molecule has 1 aliphatic heterocycles. The minimum absolute atomic E-state index is 0.276. The van der Waals surface area contributed by atoms with Crippen LogP contribution in [-0.4, -0.2) is 11.9 Å². The van der Waals surface area contributed by atoms with Crippen LogP contribution in [0, 0.1) is 5.92 Å². The summed E-state index contributed by atoms with van der Waals surface area (Å²) in [5.74, 6) is -1.11. The summed E-state index contributed by atoms with van der Waals surface area (Å²) >= 11 is 12.5. The lowest BCUT2D eigenvalue weighted by atomic mass is 9.88. The third kappa shape index (κ3) is 3.62. The lowest BCUT2D eigenvalue weighted by molar-refractivity contribution is -0.119. The summed E-state index contributed by atoms with van der Waals surface area (Å²) in [5.41, 5.74) is 1.40.